The number of benzene rings is 3. The van der Waals surface area contributed by atoms with Crippen LogP contribution in [0, 0.1) is 0 Å². The molecule has 1 N–H and O–H groups in total. The van der Waals surface area contributed by atoms with Crippen molar-refractivity contribution in [3.63, 3.8) is 0 Å². The smallest absolute Gasteiger partial charge is 0.295 e. The van der Waals surface area contributed by atoms with Gasteiger partial charge in [-0.25, -0.2) is 0 Å². The summed E-state index contributed by atoms with van der Waals surface area (Å²) in [5, 5.41) is 3.16. The van der Waals surface area contributed by atoms with Crippen LogP contribution in [0.25, 0.3) is 0 Å². The Morgan fingerprint density at radius 3 is 1.93 bits per heavy atom. The van der Waals surface area contributed by atoms with Gasteiger partial charge in [0.1, 0.15) is 0 Å². The van der Waals surface area contributed by atoms with Crippen LogP contribution in [-0.2, 0) is 14.8 Å². The highest BCUT2D eigenvalue weighted by Crippen LogP contribution is 2.32. The number of nitrogens with zero attached hydrogens (tertiary/aromatic N) is 4. The third-order valence-corrected chi connectivity index (χ3v) is 8.61. The van der Waals surface area contributed by atoms with Crippen LogP contribution < -0.4 is 14.6 Å². The Morgan fingerprint density at radius 2 is 1.39 bits per heavy atom. The average molecular weight is 665 g/mol. The van der Waals surface area contributed by atoms with Crippen molar-refractivity contribution in [1.82, 2.24) is 20.0 Å². The second-order valence-corrected chi connectivity index (χ2v) is 13.2. The van der Waals surface area contributed by atoms with E-state index < -0.39 is 15.9 Å². The zero-order valence-corrected chi connectivity index (χ0v) is 27.7. The molecule has 0 aliphatic rings. The summed E-state index contributed by atoms with van der Waals surface area (Å²) in [5.41, 5.74) is 0.441. The lowest BCUT2D eigenvalue weighted by molar-refractivity contribution is -0.130. The molecule has 3 rings (SSSR count). The fourth-order valence-corrected chi connectivity index (χ4v) is 5.88. The molecule has 0 aliphatic heterocycles. The quantitative estimate of drug-likeness (QED) is 0.223. The predicted octanol–water partition coefficient (Wildman–Crippen LogP) is 4.64. The van der Waals surface area contributed by atoms with E-state index in [0.29, 0.717) is 18.1 Å². The van der Waals surface area contributed by atoms with Gasteiger partial charge in [-0.15, -0.1) is 0 Å². The van der Waals surface area contributed by atoms with Crippen molar-refractivity contribution in [3.8, 4) is 5.75 Å². The average Bonchev–Trinajstić information content (AvgIpc) is 2.98. The van der Waals surface area contributed by atoms with Crippen molar-refractivity contribution in [1.29, 1.82) is 0 Å². The van der Waals surface area contributed by atoms with E-state index >= 15 is 0 Å². The van der Waals surface area contributed by atoms with Gasteiger partial charge in [-0.1, -0.05) is 45.9 Å². The molecule has 0 unspecified atom stereocenters. The van der Waals surface area contributed by atoms with Crippen molar-refractivity contribution in [3.05, 3.63) is 88.4 Å². The lowest BCUT2D eigenvalue weighted by Crippen LogP contribution is -2.42. The second kappa shape index (κ2) is 16.6. The molecule has 10 nitrogen and oxygen atoms in total. The Bertz CT molecular complexity index is 1480. The Kier molecular flexibility index (Phi) is 13.3. The maximum Gasteiger partial charge on any atom is 0.295 e. The number of anilines is 1. The van der Waals surface area contributed by atoms with Gasteiger partial charge in [0, 0.05) is 23.7 Å². The van der Waals surface area contributed by atoms with Gasteiger partial charge in [0.25, 0.3) is 15.9 Å². The number of carbonyl (C=O) groups is 2. The summed E-state index contributed by atoms with van der Waals surface area (Å²) in [6, 6.07) is 18.1. The summed E-state index contributed by atoms with van der Waals surface area (Å²) in [6.07, 6.45) is 1.64. The number of hydrogen-bond acceptors (Lipinski definition) is 7. The lowest BCUT2D eigenvalue weighted by Gasteiger charge is -2.25. The van der Waals surface area contributed by atoms with E-state index in [4.69, 9.17) is 28.0 Å². The first kappa shape index (κ1) is 35.1. The molecule has 0 bridgehead atoms. The standard InChI is InChI=1S/C31H39Cl2N5O5S/c1-35(2)18-8-20-37(21-9-19-36(3)4)30(39)23-34-31(40)24-12-15-27(16-13-24)44(41,42)38(26-10-6-5-7-11-26)43-29-17-14-25(32)22-28(29)33/h5-7,10-17,22H,8-9,18-21,23H2,1-4H3,(H,34,40). The number of amides is 2. The highest BCUT2D eigenvalue weighted by atomic mass is 35.5. The van der Waals surface area contributed by atoms with Crippen molar-refractivity contribution >= 4 is 50.7 Å². The van der Waals surface area contributed by atoms with Crippen LogP contribution in [0.5, 0.6) is 5.75 Å². The molecule has 44 heavy (non-hydrogen) atoms. The van der Waals surface area contributed by atoms with Gasteiger partial charge in [-0.3, -0.25) is 9.59 Å². The van der Waals surface area contributed by atoms with E-state index in [-0.39, 0.29) is 39.4 Å². The maximum atomic E-state index is 13.7. The minimum atomic E-state index is -4.27. The Hall–Kier alpha value is -3.35. The van der Waals surface area contributed by atoms with Crippen LogP contribution in [0.2, 0.25) is 10.0 Å². The van der Waals surface area contributed by atoms with Crippen molar-refractivity contribution in [2.75, 3.05) is 65.4 Å². The minimum Gasteiger partial charge on any atom is -0.363 e. The van der Waals surface area contributed by atoms with Crippen LogP contribution >= 0.6 is 23.2 Å². The third-order valence-electron chi connectivity index (χ3n) is 6.49. The molecule has 238 valence electrons. The molecule has 0 heterocycles. The normalized spacial score (nSPS) is 11.5. The summed E-state index contributed by atoms with van der Waals surface area (Å²) < 4.78 is 28.2. The van der Waals surface area contributed by atoms with E-state index in [9.17, 15) is 18.0 Å². The number of nitrogens with one attached hydrogen (secondary N) is 1. The number of rotatable bonds is 16. The van der Waals surface area contributed by atoms with E-state index in [1.807, 2.05) is 28.2 Å². The maximum absolute atomic E-state index is 13.7. The molecule has 3 aromatic rings. The van der Waals surface area contributed by atoms with Crippen LogP contribution in [0.3, 0.4) is 0 Å². The minimum absolute atomic E-state index is 0.0848. The van der Waals surface area contributed by atoms with Crippen LogP contribution in [0.15, 0.2) is 77.7 Å². The van der Waals surface area contributed by atoms with E-state index in [0.717, 1.165) is 30.4 Å². The summed E-state index contributed by atoms with van der Waals surface area (Å²) >= 11 is 12.2. The van der Waals surface area contributed by atoms with Crippen LogP contribution in [-0.4, -0.2) is 95.8 Å². The number of para-hydroxylation sites is 1. The topological polar surface area (TPSA) is 102 Å². The number of carbonyl (C=O) groups excluding carboxylic acids is 2. The highest BCUT2D eigenvalue weighted by molar-refractivity contribution is 7.92. The molecule has 0 saturated heterocycles. The molecule has 0 spiro atoms. The fourth-order valence-electron chi connectivity index (χ4n) is 4.19. The molecule has 2 amide bonds. The fraction of sp³-hybridized carbons (Fsp3) is 0.355. The molecule has 0 radical (unpaired) electrons. The zero-order valence-electron chi connectivity index (χ0n) is 25.4. The number of sulfonamides is 1. The molecular weight excluding hydrogens is 625 g/mol. The molecule has 13 heteroatoms. The number of hydrogen-bond donors (Lipinski definition) is 1. The predicted molar refractivity (Wildman–Crippen MR) is 175 cm³/mol. The molecule has 3 aromatic carbocycles. The first-order chi connectivity index (χ1) is 20.9. The molecular formula is C31H39Cl2N5O5S. The van der Waals surface area contributed by atoms with Gasteiger partial charge in [0.15, 0.2) is 5.75 Å². The summed E-state index contributed by atoms with van der Waals surface area (Å²) in [6.45, 7) is 2.71. The molecule has 0 saturated carbocycles. The van der Waals surface area contributed by atoms with E-state index in [1.165, 1.54) is 42.5 Å². The highest BCUT2D eigenvalue weighted by Gasteiger charge is 2.28. The van der Waals surface area contributed by atoms with Gasteiger partial charge in [0.05, 0.1) is 22.2 Å². The molecule has 0 fully saturated rings. The van der Waals surface area contributed by atoms with Crippen molar-refractivity contribution in [2.45, 2.75) is 17.7 Å². The van der Waals surface area contributed by atoms with Crippen molar-refractivity contribution < 1.29 is 22.8 Å². The Labute approximate surface area is 270 Å². The van der Waals surface area contributed by atoms with E-state index in [1.54, 1.807) is 35.2 Å². The van der Waals surface area contributed by atoms with Crippen molar-refractivity contribution in [2.24, 2.45) is 0 Å². The largest absolute Gasteiger partial charge is 0.363 e. The van der Waals surface area contributed by atoms with Gasteiger partial charge < -0.3 is 24.9 Å². The summed E-state index contributed by atoms with van der Waals surface area (Å²) in [5.74, 6) is -0.582. The Morgan fingerprint density at radius 1 is 0.795 bits per heavy atom. The lowest BCUT2D eigenvalue weighted by atomic mass is 10.2. The third kappa shape index (κ3) is 10.4. The first-order valence-corrected chi connectivity index (χ1v) is 16.3. The first-order valence-electron chi connectivity index (χ1n) is 14.1. The SMILES string of the molecule is CN(C)CCCN(CCCN(C)C)C(=O)CNC(=O)c1ccc(S(=O)(=O)N(Oc2ccc(Cl)cc2Cl)c2ccccc2)cc1. The van der Waals surface area contributed by atoms with Gasteiger partial charge in [-0.05, 0) is 109 Å². The summed E-state index contributed by atoms with van der Waals surface area (Å²) in [4.78, 5) is 37.4. The van der Waals surface area contributed by atoms with Crippen LogP contribution in [0.1, 0.15) is 23.2 Å². The molecule has 0 atom stereocenters. The van der Waals surface area contributed by atoms with Gasteiger partial charge >= 0.3 is 0 Å². The van der Waals surface area contributed by atoms with Gasteiger partial charge in [-0.2, -0.15) is 8.42 Å². The van der Waals surface area contributed by atoms with Gasteiger partial charge in [0.2, 0.25) is 5.91 Å². The van der Waals surface area contributed by atoms with E-state index in [2.05, 4.69) is 15.1 Å². The Balaban J connectivity index is 1.72. The molecule has 0 aromatic heterocycles. The summed E-state index contributed by atoms with van der Waals surface area (Å²) in [7, 11) is 3.66. The van der Waals surface area contributed by atoms with Crippen LogP contribution in [0.4, 0.5) is 5.69 Å². The molecule has 0 aliphatic carbocycles. The zero-order chi connectivity index (χ0) is 32.3. The second-order valence-electron chi connectivity index (χ2n) is 10.6. The number of halogens is 2. The monoisotopic (exact) mass is 663 g/mol.